The van der Waals surface area contributed by atoms with Crippen molar-refractivity contribution in [2.24, 2.45) is 0 Å². The largest absolute Gasteiger partial charge is 0.495 e. The summed E-state index contributed by atoms with van der Waals surface area (Å²) in [7, 11) is 1.70. The molecule has 1 amide bonds. The summed E-state index contributed by atoms with van der Waals surface area (Å²) in [5, 5.41) is 3.34. The first kappa shape index (κ1) is 30.0. The molecule has 5 aromatic rings. The maximum Gasteiger partial charge on any atom is 0.255 e. The number of carbonyl (C=O) groups is 1. The average Bonchev–Trinajstić information content (AvgIpc) is 3.10. The van der Waals surface area contributed by atoms with Gasteiger partial charge in [-0.3, -0.25) is 14.5 Å². The molecule has 4 aromatic carbocycles. The van der Waals surface area contributed by atoms with E-state index in [0.717, 1.165) is 56.1 Å². The Hall–Kier alpha value is -5.08. The summed E-state index contributed by atoms with van der Waals surface area (Å²) in [6, 6.07) is 32.2. The standard InChI is InChI=1S/C37H37N3O5/c1-43-32-19-9-8-18-31(32)40-24-22-39(23-25-40)21-11-20-38-37(42)30-17-10-16-29-33(41)36(44-26-27-12-4-2-5-13-27)34(45-35(29)30)28-14-6-3-7-15-28/h2-10,12-19H,11,20-26H2,1H3,(H,38,42). The van der Waals surface area contributed by atoms with Gasteiger partial charge in [0.2, 0.25) is 11.2 Å². The summed E-state index contributed by atoms with van der Waals surface area (Å²) in [4.78, 5) is 31.9. The van der Waals surface area contributed by atoms with Crippen molar-refractivity contribution >= 4 is 22.6 Å². The summed E-state index contributed by atoms with van der Waals surface area (Å²) < 4.78 is 18.0. The van der Waals surface area contributed by atoms with Crippen LogP contribution in [0.5, 0.6) is 11.5 Å². The molecular formula is C37H37N3O5. The van der Waals surface area contributed by atoms with Crippen LogP contribution in [-0.2, 0) is 6.61 Å². The Bertz CT molecular complexity index is 1800. The zero-order chi connectivity index (χ0) is 31.0. The van der Waals surface area contributed by atoms with Gasteiger partial charge in [0.25, 0.3) is 5.91 Å². The molecule has 1 aromatic heterocycles. The van der Waals surface area contributed by atoms with E-state index in [1.165, 1.54) is 0 Å². The van der Waals surface area contributed by atoms with E-state index in [2.05, 4.69) is 21.2 Å². The number of methoxy groups -OCH3 is 1. The predicted octanol–water partition coefficient (Wildman–Crippen LogP) is 5.99. The summed E-state index contributed by atoms with van der Waals surface area (Å²) in [6.45, 7) is 5.33. The lowest BCUT2D eigenvalue weighted by atomic mass is 10.1. The molecule has 1 aliphatic rings. The number of carbonyl (C=O) groups excluding carboxylic acids is 1. The van der Waals surface area contributed by atoms with Crippen LogP contribution >= 0.6 is 0 Å². The third kappa shape index (κ3) is 6.86. The molecule has 1 saturated heterocycles. The molecule has 1 N–H and O–H groups in total. The molecule has 2 heterocycles. The number of benzene rings is 4. The molecule has 1 aliphatic heterocycles. The molecule has 0 aliphatic carbocycles. The van der Waals surface area contributed by atoms with Gasteiger partial charge in [-0.25, -0.2) is 0 Å². The number of anilines is 1. The number of nitrogens with one attached hydrogen (secondary N) is 1. The van der Waals surface area contributed by atoms with Crippen molar-refractivity contribution in [1.29, 1.82) is 0 Å². The molecule has 0 spiro atoms. The highest BCUT2D eigenvalue weighted by Gasteiger charge is 2.22. The molecule has 8 nitrogen and oxygen atoms in total. The molecular weight excluding hydrogens is 566 g/mol. The fourth-order valence-electron chi connectivity index (χ4n) is 5.72. The van der Waals surface area contributed by atoms with E-state index in [1.54, 1.807) is 25.3 Å². The van der Waals surface area contributed by atoms with Gasteiger partial charge >= 0.3 is 0 Å². The average molecular weight is 604 g/mol. The third-order valence-electron chi connectivity index (χ3n) is 8.12. The maximum atomic E-state index is 13.8. The third-order valence-corrected chi connectivity index (χ3v) is 8.12. The Morgan fingerprint density at radius 1 is 0.844 bits per heavy atom. The molecule has 6 rings (SSSR count). The maximum absolute atomic E-state index is 13.8. The molecule has 45 heavy (non-hydrogen) atoms. The molecule has 230 valence electrons. The minimum absolute atomic E-state index is 0.126. The number of hydrogen-bond donors (Lipinski definition) is 1. The monoisotopic (exact) mass is 603 g/mol. The molecule has 0 unspecified atom stereocenters. The molecule has 0 radical (unpaired) electrons. The summed E-state index contributed by atoms with van der Waals surface area (Å²) in [5.41, 5.74) is 3.01. The molecule has 0 bridgehead atoms. The van der Waals surface area contributed by atoms with Crippen LogP contribution in [0.1, 0.15) is 22.3 Å². The van der Waals surface area contributed by atoms with Gasteiger partial charge in [-0.05, 0) is 42.8 Å². The van der Waals surface area contributed by atoms with E-state index in [4.69, 9.17) is 13.9 Å². The normalized spacial score (nSPS) is 13.5. The van der Waals surface area contributed by atoms with Gasteiger partial charge < -0.3 is 24.1 Å². The van der Waals surface area contributed by atoms with Crippen molar-refractivity contribution in [2.75, 3.05) is 51.3 Å². The lowest BCUT2D eigenvalue weighted by Gasteiger charge is -2.36. The molecule has 1 fully saturated rings. The highest BCUT2D eigenvalue weighted by molar-refractivity contribution is 6.05. The van der Waals surface area contributed by atoms with Crippen LogP contribution in [0.15, 0.2) is 112 Å². The van der Waals surface area contributed by atoms with E-state index >= 15 is 0 Å². The summed E-state index contributed by atoms with van der Waals surface area (Å²) in [6.07, 6.45) is 0.807. The second kappa shape index (κ2) is 14.1. The minimum atomic E-state index is -0.312. The zero-order valence-corrected chi connectivity index (χ0v) is 25.4. The number of nitrogens with zero attached hydrogens (tertiary/aromatic N) is 2. The number of hydrogen-bond acceptors (Lipinski definition) is 7. The Morgan fingerprint density at radius 2 is 1.56 bits per heavy atom. The summed E-state index contributed by atoms with van der Waals surface area (Å²) >= 11 is 0. The summed E-state index contributed by atoms with van der Waals surface area (Å²) in [5.74, 6) is 1.05. The molecule has 8 heteroatoms. The minimum Gasteiger partial charge on any atom is -0.495 e. The van der Waals surface area contributed by atoms with Crippen molar-refractivity contribution in [3.63, 3.8) is 0 Å². The van der Waals surface area contributed by atoms with Crippen molar-refractivity contribution in [2.45, 2.75) is 13.0 Å². The second-order valence-corrected chi connectivity index (χ2v) is 11.0. The first-order chi connectivity index (χ1) is 22.1. The Labute approximate surface area is 262 Å². The van der Waals surface area contributed by atoms with Gasteiger partial charge in [-0.15, -0.1) is 0 Å². The first-order valence-corrected chi connectivity index (χ1v) is 15.3. The number of rotatable bonds is 11. The van der Waals surface area contributed by atoms with E-state index in [1.807, 2.05) is 78.9 Å². The molecule has 0 atom stereocenters. The van der Waals surface area contributed by atoms with Crippen LogP contribution in [0.3, 0.4) is 0 Å². The van der Waals surface area contributed by atoms with E-state index < -0.39 is 0 Å². The second-order valence-electron chi connectivity index (χ2n) is 11.0. The van der Waals surface area contributed by atoms with Crippen molar-refractivity contribution < 1.29 is 18.7 Å². The van der Waals surface area contributed by atoms with Gasteiger partial charge in [0.05, 0.1) is 23.7 Å². The highest BCUT2D eigenvalue weighted by Crippen LogP contribution is 2.33. The fraction of sp³-hybridized carbons (Fsp3) is 0.243. The van der Waals surface area contributed by atoms with Crippen LogP contribution in [0, 0.1) is 0 Å². The Morgan fingerprint density at radius 3 is 2.31 bits per heavy atom. The Kier molecular flexibility index (Phi) is 9.41. The van der Waals surface area contributed by atoms with Crippen LogP contribution < -0.4 is 25.1 Å². The van der Waals surface area contributed by atoms with Crippen molar-refractivity contribution in [1.82, 2.24) is 10.2 Å². The van der Waals surface area contributed by atoms with Crippen molar-refractivity contribution in [3.05, 3.63) is 124 Å². The lowest BCUT2D eigenvalue weighted by Crippen LogP contribution is -2.47. The van der Waals surface area contributed by atoms with Gasteiger partial charge in [-0.1, -0.05) is 78.9 Å². The highest BCUT2D eigenvalue weighted by atomic mass is 16.5. The van der Waals surface area contributed by atoms with Crippen molar-refractivity contribution in [3.8, 4) is 22.8 Å². The first-order valence-electron chi connectivity index (χ1n) is 15.3. The van der Waals surface area contributed by atoms with Crippen LogP contribution in [-0.4, -0.2) is 57.2 Å². The van der Waals surface area contributed by atoms with Gasteiger partial charge in [0.15, 0.2) is 11.3 Å². The number of fused-ring (bicyclic) bond motifs is 1. The Balaban J connectivity index is 1.13. The van der Waals surface area contributed by atoms with E-state index in [9.17, 15) is 9.59 Å². The zero-order valence-electron chi connectivity index (χ0n) is 25.4. The van der Waals surface area contributed by atoms with Gasteiger partial charge in [0, 0.05) is 38.3 Å². The molecule has 0 saturated carbocycles. The number of ether oxygens (including phenoxy) is 2. The van der Waals surface area contributed by atoms with E-state index in [0.29, 0.717) is 28.8 Å². The SMILES string of the molecule is COc1ccccc1N1CCN(CCCNC(=O)c2cccc3c(=O)c(OCc4ccccc4)c(-c4ccccc4)oc23)CC1. The quantitative estimate of drug-likeness (QED) is 0.186. The van der Waals surface area contributed by atoms with Gasteiger partial charge in [-0.2, -0.15) is 0 Å². The van der Waals surface area contributed by atoms with Crippen LogP contribution in [0.25, 0.3) is 22.3 Å². The topological polar surface area (TPSA) is 84.2 Å². The van der Waals surface area contributed by atoms with Crippen LogP contribution in [0.2, 0.25) is 0 Å². The fourth-order valence-corrected chi connectivity index (χ4v) is 5.72. The van der Waals surface area contributed by atoms with Gasteiger partial charge in [0.1, 0.15) is 12.4 Å². The van der Waals surface area contributed by atoms with Crippen LogP contribution in [0.4, 0.5) is 5.69 Å². The predicted molar refractivity (Wildman–Crippen MR) is 177 cm³/mol. The number of piperazine rings is 1. The van der Waals surface area contributed by atoms with E-state index in [-0.39, 0.29) is 29.3 Å². The lowest BCUT2D eigenvalue weighted by molar-refractivity contribution is 0.0952. The number of para-hydroxylation sites is 3. The smallest absolute Gasteiger partial charge is 0.255 e. The number of amides is 1.